The minimum atomic E-state index is -0.643. The molecule has 5 aliphatic rings. The Morgan fingerprint density at radius 2 is 1.84 bits per heavy atom. The second-order valence-corrected chi connectivity index (χ2v) is 20.4. The Morgan fingerprint density at radius 1 is 1.05 bits per heavy atom. The van der Waals surface area contributed by atoms with Crippen LogP contribution in [0, 0.1) is 22.1 Å². The van der Waals surface area contributed by atoms with Crippen molar-refractivity contribution < 1.29 is 23.8 Å². The smallest absolute Gasteiger partial charge is 0.265 e. The molecule has 4 fully saturated rings. The number of H-pyrrole nitrogens is 1. The molecule has 1 amide bonds. The van der Waals surface area contributed by atoms with E-state index in [4.69, 9.17) is 9.47 Å². The second-order valence-electron chi connectivity index (χ2n) is 19.6. The molecule has 0 radical (unpaired) electrons. The number of halogens is 1. The van der Waals surface area contributed by atoms with Gasteiger partial charge in [-0.15, -0.1) is 4.91 Å². The number of carbonyl (C=O) groups is 1. The first kappa shape index (κ1) is 42.8. The first-order chi connectivity index (χ1) is 30.9. The predicted octanol–water partition coefficient (Wildman–Crippen LogP) is 11.2. The summed E-state index contributed by atoms with van der Waals surface area (Å²) in [5.74, 6) is 1.08. The van der Waals surface area contributed by atoms with Gasteiger partial charge in [-0.3, -0.25) is 14.4 Å². The van der Waals surface area contributed by atoms with Gasteiger partial charge >= 0.3 is 0 Å². The van der Waals surface area contributed by atoms with E-state index in [-0.39, 0.29) is 11.7 Å². The van der Waals surface area contributed by atoms with E-state index in [1.54, 1.807) is 24.3 Å². The third-order valence-corrected chi connectivity index (χ3v) is 15.8. The van der Waals surface area contributed by atoms with Crippen LogP contribution in [0.1, 0.15) is 118 Å². The third-order valence-electron chi connectivity index (χ3n) is 15.0. The monoisotopic (exact) mass is 887 g/mol. The molecule has 5 heterocycles. The molecular weight excluding hydrogens is 830 g/mol. The van der Waals surface area contributed by atoms with E-state index >= 15 is 0 Å². The number of aromatic nitrogens is 2. The van der Waals surface area contributed by atoms with Crippen molar-refractivity contribution in [2.45, 2.75) is 120 Å². The van der Waals surface area contributed by atoms with Crippen LogP contribution in [0.2, 0.25) is 0 Å². The number of anilines is 2. The van der Waals surface area contributed by atoms with Gasteiger partial charge in [-0.05, 0) is 154 Å². The molecule has 0 bridgehead atoms. The highest BCUT2D eigenvalue weighted by Gasteiger charge is 2.50. The third kappa shape index (κ3) is 8.44. The number of pyridine rings is 1. The number of nitrogens with zero attached hydrogens (tertiary/aromatic N) is 4. The standard InChI is InChI=1S/C50H58FN7O5S/c1-30(2)36-7-4-5-8-37(36)43-9-6-18-58(43)33-25-50(26-33)16-19-57(20-17-50)32-10-11-38(44(21-32)63-34-22-39-40(51)28-53-47(39)52-27-34)48(59)56-64-35-23-41(55-61)46-45(24-35)62-29-42(54-46)31-12-14-49(3,60)15-13-31/h4-5,7-8,10-11,21-24,27-28,30-31,33,42-43,54,60H,6,9,12-20,25-26,29H2,1-3H3,(H,52,53)(H,56,59)/t31?,42?,43-,49?/m1/s1. The zero-order chi connectivity index (χ0) is 44.2. The summed E-state index contributed by atoms with van der Waals surface area (Å²) in [4.78, 5) is 39.1. The van der Waals surface area contributed by atoms with Gasteiger partial charge in [-0.25, -0.2) is 9.37 Å². The Morgan fingerprint density at radius 3 is 2.62 bits per heavy atom. The number of benzene rings is 3. The molecule has 3 aromatic carbocycles. The fraction of sp³-hybridized carbons (Fsp3) is 0.480. The normalized spacial score (nSPS) is 24.5. The maximum atomic E-state index is 14.6. The molecule has 2 saturated carbocycles. The summed E-state index contributed by atoms with van der Waals surface area (Å²) in [6, 6.07) is 20.8. The van der Waals surface area contributed by atoms with Crippen LogP contribution in [0.4, 0.5) is 21.5 Å². The van der Waals surface area contributed by atoms with Gasteiger partial charge < -0.3 is 29.8 Å². The quantitative estimate of drug-likeness (QED) is 0.0747. The summed E-state index contributed by atoms with van der Waals surface area (Å²) < 4.78 is 30.1. The molecule has 64 heavy (non-hydrogen) atoms. The van der Waals surface area contributed by atoms with Gasteiger partial charge in [-0.1, -0.05) is 38.1 Å². The number of hydrogen-bond acceptors (Lipinski definition) is 11. The molecule has 4 N–H and O–H groups in total. The summed E-state index contributed by atoms with van der Waals surface area (Å²) in [6.45, 7) is 9.89. The van der Waals surface area contributed by atoms with Crippen molar-refractivity contribution in [2.24, 2.45) is 16.5 Å². The largest absolute Gasteiger partial charge is 0.489 e. The Kier molecular flexibility index (Phi) is 11.6. The Hall–Kier alpha value is -5.18. The molecule has 14 heteroatoms. The molecule has 2 saturated heterocycles. The summed E-state index contributed by atoms with van der Waals surface area (Å²) in [6.07, 6.45) is 13.1. The number of aliphatic hydroxyl groups is 1. The fourth-order valence-electron chi connectivity index (χ4n) is 11.3. The topological polar surface area (TPSA) is 144 Å². The molecule has 336 valence electrons. The second kappa shape index (κ2) is 17.3. The molecule has 10 rings (SSSR count). The molecule has 1 unspecified atom stereocenters. The average molecular weight is 888 g/mol. The molecule has 2 atom stereocenters. The lowest BCUT2D eigenvalue weighted by Gasteiger charge is -2.56. The van der Waals surface area contributed by atoms with Gasteiger partial charge in [0.15, 0.2) is 0 Å². The van der Waals surface area contributed by atoms with Crippen molar-refractivity contribution in [3.05, 3.63) is 100 Å². The van der Waals surface area contributed by atoms with Crippen molar-refractivity contribution in [2.75, 3.05) is 36.5 Å². The van der Waals surface area contributed by atoms with Crippen molar-refractivity contribution in [3.8, 4) is 17.2 Å². The van der Waals surface area contributed by atoms with E-state index in [9.17, 15) is 19.2 Å². The van der Waals surface area contributed by atoms with Crippen LogP contribution in [0.15, 0.2) is 83.1 Å². The molecule has 2 aliphatic carbocycles. The predicted molar refractivity (Wildman–Crippen MR) is 249 cm³/mol. The maximum Gasteiger partial charge on any atom is 0.265 e. The average Bonchev–Trinajstić information content (AvgIpc) is 3.93. The van der Waals surface area contributed by atoms with Gasteiger partial charge in [0.1, 0.15) is 46.7 Å². The number of amides is 1. The number of aromatic amines is 1. The fourth-order valence-corrected chi connectivity index (χ4v) is 11.9. The number of nitrogens with one attached hydrogen (secondary N) is 3. The van der Waals surface area contributed by atoms with E-state index in [1.165, 1.54) is 55.7 Å². The Balaban J connectivity index is 0.825. The lowest BCUT2D eigenvalue weighted by Crippen LogP contribution is -2.54. The van der Waals surface area contributed by atoms with Gasteiger partial charge in [0.2, 0.25) is 0 Å². The summed E-state index contributed by atoms with van der Waals surface area (Å²) in [5, 5.41) is 17.5. The van der Waals surface area contributed by atoms with Crippen molar-refractivity contribution in [3.63, 3.8) is 0 Å². The molecular formula is C50H58FN7O5S. The molecule has 5 aromatic rings. The number of rotatable bonds is 11. The lowest BCUT2D eigenvalue weighted by atomic mass is 9.59. The molecule has 1 spiro atoms. The number of likely N-dealkylation sites (tertiary alicyclic amines) is 1. The van der Waals surface area contributed by atoms with Crippen molar-refractivity contribution in [1.82, 2.24) is 19.6 Å². The highest BCUT2D eigenvalue weighted by atomic mass is 32.2. The van der Waals surface area contributed by atoms with Crippen LogP contribution in [0.3, 0.4) is 0 Å². The van der Waals surface area contributed by atoms with E-state index in [1.807, 2.05) is 19.1 Å². The zero-order valence-electron chi connectivity index (χ0n) is 36.9. The Labute approximate surface area is 378 Å². The minimum absolute atomic E-state index is 0.00332. The van der Waals surface area contributed by atoms with E-state index < -0.39 is 17.3 Å². The van der Waals surface area contributed by atoms with Crippen LogP contribution in [-0.2, 0) is 0 Å². The lowest BCUT2D eigenvalue weighted by molar-refractivity contribution is -0.0227. The van der Waals surface area contributed by atoms with E-state index in [2.05, 4.69) is 73.1 Å². The number of hydrogen-bond donors (Lipinski definition) is 4. The summed E-state index contributed by atoms with van der Waals surface area (Å²) in [7, 11) is 0. The number of ether oxygens (including phenoxy) is 2. The molecule has 3 aliphatic heterocycles. The van der Waals surface area contributed by atoms with Crippen LogP contribution in [-0.4, -0.2) is 69.8 Å². The number of nitroso groups, excluding NO2 is 1. The van der Waals surface area contributed by atoms with Crippen LogP contribution in [0.25, 0.3) is 11.0 Å². The summed E-state index contributed by atoms with van der Waals surface area (Å²) in [5.41, 5.74) is 5.09. The van der Waals surface area contributed by atoms with Gasteiger partial charge in [0.25, 0.3) is 5.91 Å². The highest BCUT2D eigenvalue weighted by Crippen LogP contribution is 2.54. The minimum Gasteiger partial charge on any atom is -0.489 e. The van der Waals surface area contributed by atoms with Crippen LogP contribution < -0.4 is 24.4 Å². The van der Waals surface area contributed by atoms with Crippen LogP contribution >= 0.6 is 11.9 Å². The SMILES string of the molecule is CC(C)c1ccccc1[C@H]1CCCN1C1CC2(CCN(c3ccc(C(=O)NSc4cc(N=O)c5c(c4)OCC(C4CCC(C)(O)CC4)N5)c(Oc4cnc5[nH]cc(F)c5c4)c3)CC2)C1. The first-order valence-corrected chi connectivity index (χ1v) is 23.9. The highest BCUT2D eigenvalue weighted by molar-refractivity contribution is 7.98. The maximum absolute atomic E-state index is 14.6. The van der Waals surface area contributed by atoms with Crippen molar-refractivity contribution >= 4 is 46.0 Å². The van der Waals surface area contributed by atoms with Gasteiger partial charge in [-0.2, -0.15) is 0 Å². The van der Waals surface area contributed by atoms with E-state index in [0.717, 1.165) is 69.2 Å². The number of carbonyl (C=O) groups excluding carboxylic acids is 1. The van der Waals surface area contributed by atoms with Crippen molar-refractivity contribution in [1.29, 1.82) is 0 Å². The number of piperidine rings is 1. The van der Waals surface area contributed by atoms with Gasteiger partial charge in [0, 0.05) is 48.0 Å². The summed E-state index contributed by atoms with van der Waals surface area (Å²) >= 11 is 1.06. The molecule has 2 aromatic heterocycles. The Bertz CT molecular complexity index is 2540. The van der Waals surface area contributed by atoms with Crippen LogP contribution in [0.5, 0.6) is 17.2 Å². The zero-order valence-corrected chi connectivity index (χ0v) is 37.7. The van der Waals surface area contributed by atoms with Gasteiger partial charge in [0.05, 0.1) is 28.8 Å². The molecule has 12 nitrogen and oxygen atoms in total. The first-order valence-electron chi connectivity index (χ1n) is 23.1. The van der Waals surface area contributed by atoms with E-state index in [0.29, 0.717) is 80.4 Å². The number of fused-ring (bicyclic) bond motifs is 2.